The standard InChI is InChI=1S/C12H24N2O/c1-14(11-4-2-3-5-11)8-12(13)10-6-7-15-9-10/h10-12H,2-9,13H2,1H3. The van der Waals surface area contributed by atoms with E-state index < -0.39 is 0 Å². The Balaban J connectivity index is 1.74. The molecule has 0 aromatic heterocycles. The summed E-state index contributed by atoms with van der Waals surface area (Å²) in [7, 11) is 2.23. The van der Waals surface area contributed by atoms with Crippen molar-refractivity contribution >= 4 is 0 Å². The lowest BCUT2D eigenvalue weighted by atomic mass is 9.99. The molecule has 1 aliphatic heterocycles. The van der Waals surface area contributed by atoms with Gasteiger partial charge in [0.1, 0.15) is 0 Å². The second-order valence-electron chi connectivity index (χ2n) is 5.17. The lowest BCUT2D eigenvalue weighted by molar-refractivity contribution is 0.166. The van der Waals surface area contributed by atoms with E-state index in [2.05, 4.69) is 11.9 Å². The Morgan fingerprint density at radius 3 is 2.67 bits per heavy atom. The minimum absolute atomic E-state index is 0.304. The largest absolute Gasteiger partial charge is 0.381 e. The summed E-state index contributed by atoms with van der Waals surface area (Å²) in [4.78, 5) is 2.47. The molecule has 0 aromatic rings. The average Bonchev–Trinajstić information content (AvgIpc) is 2.91. The summed E-state index contributed by atoms with van der Waals surface area (Å²) in [5.41, 5.74) is 6.23. The van der Waals surface area contributed by atoms with Crippen LogP contribution in [-0.4, -0.2) is 43.8 Å². The zero-order valence-corrected chi connectivity index (χ0v) is 9.82. The number of nitrogens with two attached hydrogens (primary N) is 1. The minimum Gasteiger partial charge on any atom is -0.381 e. The van der Waals surface area contributed by atoms with Crippen LogP contribution in [0, 0.1) is 5.92 Å². The summed E-state index contributed by atoms with van der Waals surface area (Å²) in [5, 5.41) is 0. The second-order valence-corrected chi connectivity index (χ2v) is 5.17. The maximum atomic E-state index is 6.23. The number of ether oxygens (including phenoxy) is 1. The molecular formula is C12H24N2O. The van der Waals surface area contributed by atoms with Gasteiger partial charge in [-0.2, -0.15) is 0 Å². The maximum Gasteiger partial charge on any atom is 0.0510 e. The highest BCUT2D eigenvalue weighted by Crippen LogP contribution is 2.23. The van der Waals surface area contributed by atoms with E-state index >= 15 is 0 Å². The van der Waals surface area contributed by atoms with Gasteiger partial charge in [-0.1, -0.05) is 12.8 Å². The molecule has 88 valence electrons. The third-order valence-corrected chi connectivity index (χ3v) is 4.02. The third kappa shape index (κ3) is 2.92. The van der Waals surface area contributed by atoms with Gasteiger partial charge in [-0.3, -0.25) is 0 Å². The summed E-state index contributed by atoms with van der Waals surface area (Å²) >= 11 is 0. The van der Waals surface area contributed by atoms with Crippen molar-refractivity contribution in [2.24, 2.45) is 11.7 Å². The van der Waals surface area contributed by atoms with Gasteiger partial charge in [0.15, 0.2) is 0 Å². The first-order chi connectivity index (χ1) is 7.27. The monoisotopic (exact) mass is 212 g/mol. The van der Waals surface area contributed by atoms with Crippen molar-refractivity contribution in [2.75, 3.05) is 26.8 Å². The molecule has 0 aromatic carbocycles. The van der Waals surface area contributed by atoms with Crippen molar-refractivity contribution in [3.63, 3.8) is 0 Å². The molecular weight excluding hydrogens is 188 g/mol. The van der Waals surface area contributed by atoms with Crippen molar-refractivity contribution in [3.05, 3.63) is 0 Å². The van der Waals surface area contributed by atoms with E-state index in [1.807, 2.05) is 0 Å². The molecule has 0 spiro atoms. The van der Waals surface area contributed by atoms with Gasteiger partial charge in [0, 0.05) is 31.2 Å². The number of hydrogen-bond acceptors (Lipinski definition) is 3. The fraction of sp³-hybridized carbons (Fsp3) is 1.00. The van der Waals surface area contributed by atoms with Crippen molar-refractivity contribution in [1.29, 1.82) is 0 Å². The number of hydrogen-bond donors (Lipinski definition) is 1. The van der Waals surface area contributed by atoms with Gasteiger partial charge in [0.25, 0.3) is 0 Å². The fourth-order valence-corrected chi connectivity index (χ4v) is 2.87. The van der Waals surface area contributed by atoms with E-state index in [0.717, 1.165) is 32.2 Å². The van der Waals surface area contributed by atoms with E-state index in [-0.39, 0.29) is 0 Å². The van der Waals surface area contributed by atoms with Gasteiger partial charge in [-0.05, 0) is 26.3 Å². The molecule has 0 radical (unpaired) electrons. The molecule has 2 atom stereocenters. The van der Waals surface area contributed by atoms with Crippen molar-refractivity contribution in [1.82, 2.24) is 4.90 Å². The van der Waals surface area contributed by atoms with Crippen LogP contribution in [-0.2, 0) is 4.74 Å². The highest BCUT2D eigenvalue weighted by Gasteiger charge is 2.26. The lowest BCUT2D eigenvalue weighted by Gasteiger charge is -2.29. The highest BCUT2D eigenvalue weighted by molar-refractivity contribution is 4.82. The van der Waals surface area contributed by atoms with Gasteiger partial charge in [-0.25, -0.2) is 0 Å². The van der Waals surface area contributed by atoms with Gasteiger partial charge < -0.3 is 15.4 Å². The zero-order valence-electron chi connectivity index (χ0n) is 9.82. The molecule has 1 saturated carbocycles. The van der Waals surface area contributed by atoms with Crippen LogP contribution < -0.4 is 5.73 Å². The molecule has 2 aliphatic rings. The molecule has 1 heterocycles. The van der Waals surface area contributed by atoms with E-state index in [1.54, 1.807) is 0 Å². The maximum absolute atomic E-state index is 6.23. The summed E-state index contributed by atoms with van der Waals surface area (Å²) in [6.07, 6.45) is 6.68. The second kappa shape index (κ2) is 5.28. The predicted octanol–water partition coefficient (Wildman–Crippen LogP) is 1.22. The third-order valence-electron chi connectivity index (χ3n) is 4.02. The Labute approximate surface area is 93.0 Å². The molecule has 2 unspecified atom stereocenters. The summed E-state index contributed by atoms with van der Waals surface area (Å²) in [6, 6.07) is 1.09. The first-order valence-electron chi connectivity index (χ1n) is 6.31. The summed E-state index contributed by atoms with van der Waals surface area (Å²) in [6.45, 7) is 2.82. The molecule has 1 aliphatic carbocycles. The average molecular weight is 212 g/mol. The van der Waals surface area contributed by atoms with Gasteiger partial charge in [0.2, 0.25) is 0 Å². The molecule has 1 saturated heterocycles. The topological polar surface area (TPSA) is 38.5 Å². The first kappa shape index (κ1) is 11.4. The van der Waals surface area contributed by atoms with Gasteiger partial charge in [-0.15, -0.1) is 0 Å². The summed E-state index contributed by atoms with van der Waals surface area (Å²) in [5.74, 6) is 0.592. The Morgan fingerprint density at radius 2 is 2.07 bits per heavy atom. The van der Waals surface area contributed by atoms with Crippen LogP contribution in [0.3, 0.4) is 0 Å². The van der Waals surface area contributed by atoms with Crippen LogP contribution >= 0.6 is 0 Å². The van der Waals surface area contributed by atoms with Crippen molar-refractivity contribution < 1.29 is 4.74 Å². The van der Waals surface area contributed by atoms with Crippen LogP contribution in [0.15, 0.2) is 0 Å². The Morgan fingerprint density at radius 1 is 1.33 bits per heavy atom. The Kier molecular flexibility index (Phi) is 4.00. The van der Waals surface area contributed by atoms with Crippen molar-refractivity contribution in [3.8, 4) is 0 Å². The minimum atomic E-state index is 0.304. The smallest absolute Gasteiger partial charge is 0.0510 e. The Hall–Kier alpha value is -0.120. The molecule has 0 amide bonds. The number of likely N-dealkylation sites (N-methyl/N-ethyl adjacent to an activating group) is 1. The van der Waals surface area contributed by atoms with E-state index in [0.29, 0.717) is 12.0 Å². The first-order valence-corrected chi connectivity index (χ1v) is 6.31. The number of nitrogens with zero attached hydrogens (tertiary/aromatic N) is 1. The van der Waals surface area contributed by atoms with Crippen LogP contribution in [0.25, 0.3) is 0 Å². The highest BCUT2D eigenvalue weighted by atomic mass is 16.5. The normalized spacial score (nSPS) is 30.2. The number of rotatable bonds is 4. The van der Waals surface area contributed by atoms with E-state index in [1.165, 1.54) is 25.7 Å². The molecule has 15 heavy (non-hydrogen) atoms. The lowest BCUT2D eigenvalue weighted by Crippen LogP contribution is -2.44. The van der Waals surface area contributed by atoms with E-state index in [9.17, 15) is 0 Å². The van der Waals surface area contributed by atoms with Crippen LogP contribution in [0.2, 0.25) is 0 Å². The molecule has 3 heteroatoms. The van der Waals surface area contributed by atoms with Gasteiger partial charge >= 0.3 is 0 Å². The van der Waals surface area contributed by atoms with Crippen molar-refractivity contribution in [2.45, 2.75) is 44.2 Å². The Bertz CT molecular complexity index is 166. The zero-order chi connectivity index (χ0) is 10.7. The summed E-state index contributed by atoms with van der Waals surface area (Å²) < 4.78 is 5.39. The fourth-order valence-electron chi connectivity index (χ4n) is 2.87. The molecule has 0 bridgehead atoms. The van der Waals surface area contributed by atoms with Crippen LogP contribution in [0.4, 0.5) is 0 Å². The molecule has 2 rings (SSSR count). The molecule has 3 nitrogen and oxygen atoms in total. The predicted molar refractivity (Wildman–Crippen MR) is 61.8 cm³/mol. The molecule has 2 N–H and O–H groups in total. The van der Waals surface area contributed by atoms with Crippen LogP contribution in [0.1, 0.15) is 32.1 Å². The SMILES string of the molecule is CN(CC(N)C1CCOC1)C1CCCC1. The quantitative estimate of drug-likeness (QED) is 0.761. The van der Waals surface area contributed by atoms with Crippen LogP contribution in [0.5, 0.6) is 0 Å². The molecule has 2 fully saturated rings. The van der Waals surface area contributed by atoms with Gasteiger partial charge in [0.05, 0.1) is 6.61 Å². The van der Waals surface area contributed by atoms with E-state index in [4.69, 9.17) is 10.5 Å².